The van der Waals surface area contributed by atoms with Crippen LogP contribution in [0.15, 0.2) is 94.4 Å². The molecule has 4 heteroatoms. The van der Waals surface area contributed by atoms with Gasteiger partial charge in [-0.2, -0.15) is 5.10 Å². The number of hydrogen-bond donors (Lipinski definition) is 0. The van der Waals surface area contributed by atoms with Crippen molar-refractivity contribution < 1.29 is 9.15 Å². The molecule has 1 atom stereocenters. The average molecular weight is 382 g/mol. The first kappa shape index (κ1) is 17.6. The fraction of sp³-hybridized carbons (Fsp3) is 0.160. The first-order valence-electron chi connectivity index (χ1n) is 9.84. The van der Waals surface area contributed by atoms with Crippen molar-refractivity contribution in [3.63, 3.8) is 0 Å². The molecule has 0 saturated heterocycles. The first-order valence-corrected chi connectivity index (χ1v) is 9.84. The van der Waals surface area contributed by atoms with Crippen molar-refractivity contribution in [3.8, 4) is 5.75 Å². The van der Waals surface area contributed by atoms with E-state index in [-0.39, 0.29) is 6.04 Å². The second kappa shape index (κ2) is 7.47. The predicted molar refractivity (Wildman–Crippen MR) is 117 cm³/mol. The summed E-state index contributed by atoms with van der Waals surface area (Å²) >= 11 is 0. The Labute approximate surface area is 170 Å². The molecule has 0 radical (unpaired) electrons. The van der Waals surface area contributed by atoms with Gasteiger partial charge in [0.15, 0.2) is 5.76 Å². The number of fused-ring (bicyclic) bond motifs is 1. The van der Waals surface area contributed by atoms with E-state index in [4.69, 9.17) is 14.3 Å². The third-order valence-electron chi connectivity index (χ3n) is 5.36. The van der Waals surface area contributed by atoms with E-state index in [2.05, 4.69) is 59.6 Å². The monoisotopic (exact) mass is 382 g/mol. The molecule has 1 aliphatic rings. The van der Waals surface area contributed by atoms with Crippen LogP contribution in [0.25, 0.3) is 11.0 Å². The lowest BCUT2D eigenvalue weighted by molar-refractivity contribution is 0.415. The second-order valence-corrected chi connectivity index (χ2v) is 7.29. The van der Waals surface area contributed by atoms with Gasteiger partial charge >= 0.3 is 0 Å². The molecule has 1 aliphatic heterocycles. The Hall–Kier alpha value is -3.53. The molecule has 0 bridgehead atoms. The summed E-state index contributed by atoms with van der Waals surface area (Å²) in [6.07, 6.45) is 1.75. The zero-order valence-electron chi connectivity index (χ0n) is 16.3. The number of anilines is 1. The van der Waals surface area contributed by atoms with Gasteiger partial charge in [-0.05, 0) is 48.4 Å². The number of rotatable bonds is 5. The summed E-state index contributed by atoms with van der Waals surface area (Å²) in [6.45, 7) is 0. The molecule has 0 aliphatic carbocycles. The summed E-state index contributed by atoms with van der Waals surface area (Å²) in [7, 11) is 1.68. The SMILES string of the molecule is COc1ccc(N2N=C(c3cc4ccccc4o3)CC2Cc2ccccc2)cc1. The summed E-state index contributed by atoms with van der Waals surface area (Å²) in [5.41, 5.74) is 4.24. The van der Waals surface area contributed by atoms with Crippen LogP contribution < -0.4 is 9.75 Å². The molecule has 0 spiro atoms. The number of nitrogens with zero attached hydrogens (tertiary/aromatic N) is 2. The van der Waals surface area contributed by atoms with Gasteiger partial charge < -0.3 is 9.15 Å². The van der Waals surface area contributed by atoms with Crippen LogP contribution in [0.4, 0.5) is 5.69 Å². The van der Waals surface area contributed by atoms with Crippen LogP contribution in [0.2, 0.25) is 0 Å². The Bertz CT molecular complexity index is 1110. The minimum absolute atomic E-state index is 0.231. The molecule has 3 aromatic carbocycles. The molecule has 2 heterocycles. The normalized spacial score (nSPS) is 16.2. The van der Waals surface area contributed by atoms with Crippen molar-refractivity contribution in [1.82, 2.24) is 0 Å². The maximum atomic E-state index is 6.09. The van der Waals surface area contributed by atoms with E-state index in [0.29, 0.717) is 0 Å². The highest BCUT2D eigenvalue weighted by molar-refractivity contribution is 6.03. The van der Waals surface area contributed by atoms with Gasteiger partial charge in [-0.25, -0.2) is 0 Å². The lowest BCUT2D eigenvalue weighted by Gasteiger charge is -2.23. The molecule has 5 rings (SSSR count). The Morgan fingerprint density at radius 2 is 1.72 bits per heavy atom. The average Bonchev–Trinajstić information content (AvgIpc) is 3.39. The molecule has 29 heavy (non-hydrogen) atoms. The number of benzene rings is 3. The van der Waals surface area contributed by atoms with E-state index >= 15 is 0 Å². The van der Waals surface area contributed by atoms with Gasteiger partial charge in [0.25, 0.3) is 0 Å². The Morgan fingerprint density at radius 1 is 0.966 bits per heavy atom. The van der Waals surface area contributed by atoms with Crippen molar-refractivity contribution in [2.45, 2.75) is 18.9 Å². The molecule has 4 aromatic rings. The van der Waals surface area contributed by atoms with Gasteiger partial charge in [-0.15, -0.1) is 0 Å². The van der Waals surface area contributed by atoms with Gasteiger partial charge in [0.05, 0.1) is 18.8 Å². The highest BCUT2D eigenvalue weighted by atomic mass is 16.5. The molecule has 144 valence electrons. The summed E-state index contributed by atoms with van der Waals surface area (Å²) in [5, 5.41) is 8.20. The zero-order valence-corrected chi connectivity index (χ0v) is 16.3. The van der Waals surface area contributed by atoms with Gasteiger partial charge in [-0.1, -0.05) is 48.5 Å². The lowest BCUT2D eigenvalue weighted by atomic mass is 10.0. The topological polar surface area (TPSA) is 38.0 Å². The molecule has 4 nitrogen and oxygen atoms in total. The predicted octanol–water partition coefficient (Wildman–Crippen LogP) is 5.67. The van der Waals surface area contributed by atoms with Crippen molar-refractivity contribution in [2.24, 2.45) is 5.10 Å². The standard InChI is InChI=1S/C25H22N2O2/c1-28-22-13-11-20(12-14-22)27-21(15-18-7-3-2-4-8-18)17-23(26-27)25-16-19-9-5-6-10-24(19)29-25/h2-14,16,21H,15,17H2,1H3. The van der Waals surface area contributed by atoms with E-state index in [9.17, 15) is 0 Å². The number of furan rings is 1. The lowest BCUT2D eigenvalue weighted by Crippen LogP contribution is -2.28. The third-order valence-corrected chi connectivity index (χ3v) is 5.36. The molecule has 1 unspecified atom stereocenters. The summed E-state index contributed by atoms with van der Waals surface area (Å²) in [5.74, 6) is 1.69. The van der Waals surface area contributed by atoms with Crippen molar-refractivity contribution in [1.29, 1.82) is 0 Å². The number of hydrogen-bond acceptors (Lipinski definition) is 4. The molecule has 1 aromatic heterocycles. The molecular formula is C25H22N2O2. The van der Waals surface area contributed by atoms with Crippen molar-refractivity contribution in [3.05, 3.63) is 96.3 Å². The number of hydrazone groups is 1. The molecule has 0 amide bonds. The van der Waals surface area contributed by atoms with Gasteiger partial charge in [0.2, 0.25) is 0 Å². The summed E-state index contributed by atoms with van der Waals surface area (Å²) < 4.78 is 11.4. The van der Waals surface area contributed by atoms with Crippen LogP contribution in [-0.2, 0) is 6.42 Å². The van der Waals surface area contributed by atoms with Crippen LogP contribution in [0, 0.1) is 0 Å². The summed E-state index contributed by atoms with van der Waals surface area (Å²) in [6, 6.07) is 29.0. The number of para-hydroxylation sites is 1. The molecule has 0 N–H and O–H groups in total. The molecule has 0 fully saturated rings. The Balaban J connectivity index is 1.50. The fourth-order valence-corrected chi connectivity index (χ4v) is 3.88. The zero-order chi connectivity index (χ0) is 19.6. The second-order valence-electron chi connectivity index (χ2n) is 7.29. The Morgan fingerprint density at radius 3 is 2.48 bits per heavy atom. The molecular weight excluding hydrogens is 360 g/mol. The van der Waals surface area contributed by atoms with Crippen LogP contribution in [0.1, 0.15) is 17.7 Å². The van der Waals surface area contributed by atoms with Crippen LogP contribution in [0.5, 0.6) is 5.75 Å². The summed E-state index contributed by atoms with van der Waals surface area (Å²) in [4.78, 5) is 0. The van der Waals surface area contributed by atoms with E-state index in [1.54, 1.807) is 7.11 Å². The van der Waals surface area contributed by atoms with Gasteiger partial charge in [-0.3, -0.25) is 5.01 Å². The van der Waals surface area contributed by atoms with Crippen molar-refractivity contribution in [2.75, 3.05) is 12.1 Å². The minimum Gasteiger partial charge on any atom is -0.497 e. The highest BCUT2D eigenvalue weighted by Gasteiger charge is 2.30. The van der Waals surface area contributed by atoms with Crippen LogP contribution in [0.3, 0.4) is 0 Å². The van der Waals surface area contributed by atoms with E-state index in [0.717, 1.165) is 46.7 Å². The van der Waals surface area contributed by atoms with Crippen LogP contribution in [-0.4, -0.2) is 18.9 Å². The smallest absolute Gasteiger partial charge is 0.151 e. The third kappa shape index (κ3) is 3.49. The number of methoxy groups -OCH3 is 1. The molecule has 0 saturated carbocycles. The minimum atomic E-state index is 0.231. The maximum Gasteiger partial charge on any atom is 0.151 e. The van der Waals surface area contributed by atoms with Gasteiger partial charge in [0, 0.05) is 11.8 Å². The first-order chi connectivity index (χ1) is 14.3. The largest absolute Gasteiger partial charge is 0.497 e. The van der Waals surface area contributed by atoms with Crippen LogP contribution >= 0.6 is 0 Å². The van der Waals surface area contributed by atoms with Crippen molar-refractivity contribution >= 4 is 22.4 Å². The van der Waals surface area contributed by atoms with E-state index in [1.165, 1.54) is 5.56 Å². The highest BCUT2D eigenvalue weighted by Crippen LogP contribution is 2.31. The van der Waals surface area contributed by atoms with Gasteiger partial charge in [0.1, 0.15) is 17.0 Å². The number of ether oxygens (including phenoxy) is 1. The van der Waals surface area contributed by atoms with E-state index in [1.807, 2.05) is 30.3 Å². The van der Waals surface area contributed by atoms with E-state index < -0.39 is 0 Å². The quantitative estimate of drug-likeness (QED) is 0.446. The Kier molecular flexibility index (Phi) is 4.53. The maximum absolute atomic E-state index is 6.09. The fourth-order valence-electron chi connectivity index (χ4n) is 3.88.